The summed E-state index contributed by atoms with van der Waals surface area (Å²) in [5, 5.41) is 2.49. The van der Waals surface area contributed by atoms with Gasteiger partial charge in [-0.15, -0.1) is 0 Å². The average Bonchev–Trinajstić information content (AvgIpc) is 2.97. The molecule has 1 saturated heterocycles. The molecule has 11 heteroatoms. The molecule has 1 N–H and O–H groups in total. The van der Waals surface area contributed by atoms with Crippen LogP contribution in [0.3, 0.4) is 0 Å². The van der Waals surface area contributed by atoms with Crippen molar-refractivity contribution in [2.24, 2.45) is 0 Å². The Bertz CT molecular complexity index is 1020. The molecule has 1 heterocycles. The van der Waals surface area contributed by atoms with Crippen LogP contribution >= 0.6 is 0 Å². The number of benzene rings is 2. The Kier molecular flexibility index (Phi) is 5.52. The van der Waals surface area contributed by atoms with E-state index in [2.05, 4.69) is 5.32 Å². The fraction of sp³-hybridized carbons (Fsp3) is 0.278. The standard InChI is InChI=1S/C18H15F5N2O3S/c19-12-3-1-11(2-4-12)10-25-8-7-15(17(25)26)24-14-6-5-13(20)9-16(14)29(27,28)18(21,22)23/h1-6,9,15,24H,7-8,10H2. The number of hydrogen-bond donors (Lipinski definition) is 1. The minimum absolute atomic E-state index is 0.161. The highest BCUT2D eigenvalue weighted by Crippen LogP contribution is 2.35. The maximum atomic E-state index is 13.4. The minimum atomic E-state index is -5.82. The third-order valence-electron chi connectivity index (χ3n) is 4.45. The van der Waals surface area contributed by atoms with Crippen LogP contribution in [0.4, 0.5) is 27.6 Å². The molecule has 2 aromatic rings. The van der Waals surface area contributed by atoms with Crippen LogP contribution in [0, 0.1) is 11.6 Å². The number of rotatable bonds is 5. The maximum absolute atomic E-state index is 13.4. The molecule has 0 aromatic heterocycles. The first-order chi connectivity index (χ1) is 13.5. The zero-order valence-corrected chi connectivity index (χ0v) is 15.5. The van der Waals surface area contributed by atoms with Crippen molar-refractivity contribution in [2.75, 3.05) is 11.9 Å². The Labute approximate surface area is 163 Å². The van der Waals surface area contributed by atoms with Gasteiger partial charge < -0.3 is 10.2 Å². The van der Waals surface area contributed by atoms with E-state index in [-0.39, 0.29) is 25.6 Å². The fourth-order valence-corrected chi connectivity index (χ4v) is 3.92. The van der Waals surface area contributed by atoms with E-state index >= 15 is 0 Å². The van der Waals surface area contributed by atoms with E-state index in [0.717, 1.165) is 12.1 Å². The number of nitrogens with one attached hydrogen (secondary N) is 1. The molecule has 0 saturated carbocycles. The van der Waals surface area contributed by atoms with Gasteiger partial charge in [0.05, 0.1) is 5.69 Å². The van der Waals surface area contributed by atoms with Crippen LogP contribution in [0.5, 0.6) is 0 Å². The highest BCUT2D eigenvalue weighted by atomic mass is 32.2. The number of halogens is 5. The molecule has 0 radical (unpaired) electrons. The summed E-state index contributed by atoms with van der Waals surface area (Å²) in [6, 6.07) is 6.40. The van der Waals surface area contributed by atoms with Crippen LogP contribution in [0.25, 0.3) is 0 Å². The zero-order valence-electron chi connectivity index (χ0n) is 14.7. The first-order valence-electron chi connectivity index (χ1n) is 8.40. The van der Waals surface area contributed by atoms with Crippen LogP contribution < -0.4 is 5.32 Å². The molecule has 5 nitrogen and oxygen atoms in total. The molecule has 1 aliphatic rings. The third-order valence-corrected chi connectivity index (χ3v) is 5.98. The second-order valence-corrected chi connectivity index (χ2v) is 8.37. The predicted octanol–water partition coefficient (Wildman–Crippen LogP) is 3.47. The number of sulfone groups is 1. The number of carbonyl (C=O) groups excluding carboxylic acids is 1. The normalized spacial score (nSPS) is 17.6. The minimum Gasteiger partial charge on any atom is -0.373 e. The van der Waals surface area contributed by atoms with E-state index in [0.29, 0.717) is 5.56 Å². The van der Waals surface area contributed by atoms with Crippen LogP contribution in [-0.2, 0) is 21.2 Å². The van der Waals surface area contributed by atoms with Crippen molar-refractivity contribution < 1.29 is 35.2 Å². The van der Waals surface area contributed by atoms with Crippen LogP contribution in [0.1, 0.15) is 12.0 Å². The number of amides is 1. The van der Waals surface area contributed by atoms with Crippen molar-refractivity contribution in [1.29, 1.82) is 0 Å². The molecule has 2 aromatic carbocycles. The van der Waals surface area contributed by atoms with Gasteiger partial charge in [-0.3, -0.25) is 4.79 Å². The molecule has 1 atom stereocenters. The van der Waals surface area contributed by atoms with Gasteiger partial charge in [-0.05, 0) is 42.3 Å². The fourth-order valence-electron chi connectivity index (χ4n) is 2.99. The lowest BCUT2D eigenvalue weighted by Crippen LogP contribution is -2.34. The molecule has 1 unspecified atom stereocenters. The maximum Gasteiger partial charge on any atom is 0.501 e. The number of anilines is 1. The van der Waals surface area contributed by atoms with Crippen LogP contribution in [0.2, 0.25) is 0 Å². The van der Waals surface area contributed by atoms with E-state index in [4.69, 9.17) is 0 Å². The molecular weight excluding hydrogens is 419 g/mol. The monoisotopic (exact) mass is 434 g/mol. The summed E-state index contributed by atoms with van der Waals surface area (Å²) in [6.45, 7) is 0.421. The lowest BCUT2D eigenvalue weighted by atomic mass is 10.2. The van der Waals surface area contributed by atoms with Crippen LogP contribution in [0.15, 0.2) is 47.4 Å². The summed E-state index contributed by atoms with van der Waals surface area (Å²) >= 11 is 0. The van der Waals surface area contributed by atoms with Crippen LogP contribution in [-0.4, -0.2) is 37.3 Å². The Balaban J connectivity index is 1.81. The highest BCUT2D eigenvalue weighted by Gasteiger charge is 2.48. The van der Waals surface area contributed by atoms with Crippen molar-refractivity contribution in [3.8, 4) is 0 Å². The van der Waals surface area contributed by atoms with Gasteiger partial charge in [0.25, 0.3) is 9.84 Å². The molecule has 1 fully saturated rings. The number of hydrogen-bond acceptors (Lipinski definition) is 4. The van der Waals surface area contributed by atoms with E-state index in [1.807, 2.05) is 0 Å². The highest BCUT2D eigenvalue weighted by molar-refractivity contribution is 7.92. The first-order valence-corrected chi connectivity index (χ1v) is 9.88. The Hall–Kier alpha value is -2.69. The largest absolute Gasteiger partial charge is 0.501 e. The summed E-state index contributed by atoms with van der Waals surface area (Å²) in [7, 11) is -5.82. The van der Waals surface area contributed by atoms with Gasteiger partial charge in [-0.2, -0.15) is 13.2 Å². The quantitative estimate of drug-likeness (QED) is 0.732. The lowest BCUT2D eigenvalue weighted by molar-refractivity contribution is -0.128. The number of alkyl halides is 3. The van der Waals surface area contributed by atoms with Crippen molar-refractivity contribution in [3.63, 3.8) is 0 Å². The van der Waals surface area contributed by atoms with Crippen molar-refractivity contribution >= 4 is 21.4 Å². The number of likely N-dealkylation sites (tertiary alicyclic amines) is 1. The molecule has 156 valence electrons. The Morgan fingerprint density at radius 1 is 1.03 bits per heavy atom. The molecule has 1 aliphatic heterocycles. The van der Waals surface area contributed by atoms with E-state index in [1.54, 1.807) is 0 Å². The van der Waals surface area contributed by atoms with Gasteiger partial charge >= 0.3 is 5.51 Å². The molecule has 1 amide bonds. The van der Waals surface area contributed by atoms with Gasteiger partial charge in [0, 0.05) is 13.1 Å². The predicted molar refractivity (Wildman–Crippen MR) is 93.5 cm³/mol. The molecule has 0 spiro atoms. The SMILES string of the molecule is O=C1C(Nc2ccc(F)cc2S(=O)(=O)C(F)(F)F)CCN1Cc1ccc(F)cc1. The second kappa shape index (κ2) is 7.62. The Morgan fingerprint density at radius 2 is 1.66 bits per heavy atom. The van der Waals surface area contributed by atoms with E-state index in [1.165, 1.54) is 29.2 Å². The smallest absolute Gasteiger partial charge is 0.373 e. The molecule has 0 aliphatic carbocycles. The van der Waals surface area contributed by atoms with Gasteiger partial charge in [-0.25, -0.2) is 17.2 Å². The summed E-state index contributed by atoms with van der Waals surface area (Å²) in [4.78, 5) is 12.7. The molecule has 3 rings (SSSR count). The Morgan fingerprint density at radius 3 is 2.28 bits per heavy atom. The molecule has 0 bridgehead atoms. The van der Waals surface area contributed by atoms with Crippen molar-refractivity contribution in [2.45, 2.75) is 29.4 Å². The summed E-state index contributed by atoms with van der Waals surface area (Å²) in [5.41, 5.74) is -5.47. The first kappa shape index (κ1) is 21.0. The van der Waals surface area contributed by atoms with E-state index < -0.39 is 49.5 Å². The summed E-state index contributed by atoms with van der Waals surface area (Å²) < 4.78 is 88.7. The van der Waals surface area contributed by atoms with Gasteiger partial charge in [0.15, 0.2) is 0 Å². The van der Waals surface area contributed by atoms with E-state index in [9.17, 15) is 35.2 Å². The third kappa shape index (κ3) is 4.34. The molecular formula is C18H15F5N2O3S. The second-order valence-electron chi connectivity index (χ2n) is 6.46. The topological polar surface area (TPSA) is 66.5 Å². The molecule has 29 heavy (non-hydrogen) atoms. The summed E-state index contributed by atoms with van der Waals surface area (Å²) in [6.07, 6.45) is 0.197. The van der Waals surface area contributed by atoms with Gasteiger partial charge in [0.2, 0.25) is 5.91 Å². The average molecular weight is 434 g/mol. The van der Waals surface area contributed by atoms with Crippen molar-refractivity contribution in [3.05, 3.63) is 59.7 Å². The van der Waals surface area contributed by atoms with Gasteiger partial charge in [-0.1, -0.05) is 12.1 Å². The van der Waals surface area contributed by atoms with Gasteiger partial charge in [0.1, 0.15) is 22.6 Å². The lowest BCUT2D eigenvalue weighted by Gasteiger charge is -2.19. The number of nitrogens with zero attached hydrogens (tertiary/aromatic N) is 1. The number of carbonyl (C=O) groups is 1. The van der Waals surface area contributed by atoms with Crippen molar-refractivity contribution in [1.82, 2.24) is 4.90 Å². The summed E-state index contributed by atoms with van der Waals surface area (Å²) in [5.74, 6) is -2.06. The zero-order chi connectivity index (χ0) is 21.4.